The van der Waals surface area contributed by atoms with Gasteiger partial charge in [-0.15, -0.1) is 0 Å². The highest BCUT2D eigenvalue weighted by Gasteiger charge is 2.19. The summed E-state index contributed by atoms with van der Waals surface area (Å²) >= 11 is 0. The molecule has 0 radical (unpaired) electrons. The zero-order valence-electron chi connectivity index (χ0n) is 43.4. The van der Waals surface area contributed by atoms with E-state index in [1.54, 1.807) is 0 Å². The van der Waals surface area contributed by atoms with Crippen LogP contribution in [0.4, 0.5) is 0 Å². The van der Waals surface area contributed by atoms with Crippen LogP contribution in [0.2, 0.25) is 0 Å². The maximum Gasteiger partial charge on any atom is 0.306 e. The lowest BCUT2D eigenvalue weighted by atomic mass is 10.1. The van der Waals surface area contributed by atoms with Crippen LogP contribution >= 0.6 is 0 Å². The lowest BCUT2D eigenvalue weighted by Gasteiger charge is -2.18. The molecule has 380 valence electrons. The first kappa shape index (κ1) is 63.1. The van der Waals surface area contributed by atoms with Crippen molar-refractivity contribution in [1.29, 1.82) is 0 Å². The molecule has 67 heavy (non-hydrogen) atoms. The Hall–Kier alpha value is -3.93. The number of esters is 3. The Balaban J connectivity index is 4.40. The molecule has 0 saturated carbocycles. The topological polar surface area (TPSA) is 78.9 Å². The van der Waals surface area contributed by atoms with Crippen molar-refractivity contribution in [1.82, 2.24) is 0 Å². The molecule has 0 aliphatic rings. The SMILES string of the molecule is CC/C=C\C/C=C\C/C=C\C/C=C\C/C=C\CCCCCCCCCC(=O)OCC(COC(=O)CCCCCCCCCCCCC)OC(=O)CCCC/C=C\C/C=C\C/C=C\C/C=C\CC. The summed E-state index contributed by atoms with van der Waals surface area (Å²) < 4.78 is 16.8. The van der Waals surface area contributed by atoms with Gasteiger partial charge in [0.25, 0.3) is 0 Å². The molecular weight excluding hydrogens is 829 g/mol. The van der Waals surface area contributed by atoms with Crippen LogP contribution in [0.5, 0.6) is 0 Å². The molecule has 0 heterocycles. The summed E-state index contributed by atoms with van der Waals surface area (Å²) in [4.78, 5) is 38.0. The lowest BCUT2D eigenvalue weighted by molar-refractivity contribution is -0.167. The smallest absolute Gasteiger partial charge is 0.306 e. The van der Waals surface area contributed by atoms with Gasteiger partial charge in [0.15, 0.2) is 6.10 Å². The normalized spacial score (nSPS) is 12.9. The van der Waals surface area contributed by atoms with Gasteiger partial charge >= 0.3 is 17.9 Å². The molecule has 0 aromatic carbocycles. The minimum Gasteiger partial charge on any atom is -0.462 e. The van der Waals surface area contributed by atoms with E-state index in [4.69, 9.17) is 14.2 Å². The minimum absolute atomic E-state index is 0.0983. The minimum atomic E-state index is -0.804. The van der Waals surface area contributed by atoms with E-state index < -0.39 is 6.10 Å². The third-order valence-electron chi connectivity index (χ3n) is 11.3. The van der Waals surface area contributed by atoms with E-state index >= 15 is 0 Å². The average molecular weight is 929 g/mol. The number of unbranched alkanes of at least 4 members (excludes halogenated alkanes) is 19. The van der Waals surface area contributed by atoms with E-state index in [-0.39, 0.29) is 37.5 Å². The van der Waals surface area contributed by atoms with E-state index in [0.29, 0.717) is 19.3 Å². The van der Waals surface area contributed by atoms with Gasteiger partial charge in [-0.3, -0.25) is 14.4 Å². The monoisotopic (exact) mass is 929 g/mol. The number of ether oxygens (including phenoxy) is 3. The van der Waals surface area contributed by atoms with Gasteiger partial charge in [0.2, 0.25) is 0 Å². The van der Waals surface area contributed by atoms with Gasteiger partial charge in [0.1, 0.15) is 13.2 Å². The van der Waals surface area contributed by atoms with Gasteiger partial charge in [-0.1, -0.05) is 226 Å². The van der Waals surface area contributed by atoms with E-state index in [1.807, 2.05) is 0 Å². The summed E-state index contributed by atoms with van der Waals surface area (Å²) in [5.74, 6) is -0.954. The Labute approximate surface area is 412 Å². The fourth-order valence-corrected chi connectivity index (χ4v) is 7.22. The van der Waals surface area contributed by atoms with Crippen LogP contribution in [0.25, 0.3) is 0 Å². The summed E-state index contributed by atoms with van der Waals surface area (Å²) in [6, 6.07) is 0. The zero-order chi connectivity index (χ0) is 48.6. The molecule has 0 aliphatic carbocycles. The lowest BCUT2D eigenvalue weighted by Crippen LogP contribution is -2.30. The van der Waals surface area contributed by atoms with Crippen molar-refractivity contribution in [2.75, 3.05) is 13.2 Å². The van der Waals surface area contributed by atoms with Crippen LogP contribution < -0.4 is 0 Å². The molecule has 0 amide bonds. The summed E-state index contributed by atoms with van der Waals surface area (Å²) in [6.07, 6.45) is 73.6. The predicted octanol–water partition coefficient (Wildman–Crippen LogP) is 18.3. The molecule has 0 bridgehead atoms. The number of hydrogen-bond acceptors (Lipinski definition) is 6. The largest absolute Gasteiger partial charge is 0.462 e. The second kappa shape index (κ2) is 54.7. The van der Waals surface area contributed by atoms with Gasteiger partial charge in [-0.25, -0.2) is 0 Å². The first-order valence-electron chi connectivity index (χ1n) is 27.4. The highest BCUT2D eigenvalue weighted by Crippen LogP contribution is 2.14. The Morgan fingerprint density at radius 1 is 0.313 bits per heavy atom. The molecule has 6 heteroatoms. The molecule has 0 N–H and O–H groups in total. The Morgan fingerprint density at radius 3 is 0.940 bits per heavy atom. The van der Waals surface area contributed by atoms with E-state index in [0.717, 1.165) is 116 Å². The molecule has 0 aromatic heterocycles. The van der Waals surface area contributed by atoms with E-state index in [1.165, 1.54) is 77.0 Å². The summed E-state index contributed by atoms with van der Waals surface area (Å²) in [5, 5.41) is 0. The number of hydrogen-bond donors (Lipinski definition) is 0. The molecule has 6 nitrogen and oxygen atoms in total. The number of rotatable bonds is 48. The Morgan fingerprint density at radius 2 is 0.582 bits per heavy atom. The van der Waals surface area contributed by atoms with Gasteiger partial charge < -0.3 is 14.2 Å². The van der Waals surface area contributed by atoms with E-state index in [9.17, 15) is 14.4 Å². The van der Waals surface area contributed by atoms with Crippen molar-refractivity contribution in [2.45, 2.75) is 245 Å². The molecule has 0 saturated heterocycles. The van der Waals surface area contributed by atoms with Gasteiger partial charge in [-0.05, 0) is 103 Å². The second-order valence-electron chi connectivity index (χ2n) is 17.7. The fraction of sp³-hybridized carbons (Fsp3) is 0.656. The predicted molar refractivity (Wildman–Crippen MR) is 288 cm³/mol. The van der Waals surface area contributed by atoms with Gasteiger partial charge in [0, 0.05) is 19.3 Å². The Bertz CT molecular complexity index is 1390. The van der Waals surface area contributed by atoms with Crippen LogP contribution in [0.3, 0.4) is 0 Å². The first-order chi connectivity index (χ1) is 33.0. The van der Waals surface area contributed by atoms with Crippen LogP contribution in [0, 0.1) is 0 Å². The molecule has 0 fully saturated rings. The van der Waals surface area contributed by atoms with Crippen molar-refractivity contribution in [3.63, 3.8) is 0 Å². The van der Waals surface area contributed by atoms with Gasteiger partial charge in [0.05, 0.1) is 0 Å². The molecule has 0 aliphatic heterocycles. The average Bonchev–Trinajstić information content (AvgIpc) is 3.33. The van der Waals surface area contributed by atoms with Crippen molar-refractivity contribution < 1.29 is 28.6 Å². The van der Waals surface area contributed by atoms with Crippen LogP contribution in [0.15, 0.2) is 109 Å². The molecule has 0 rings (SSSR count). The summed E-state index contributed by atoms with van der Waals surface area (Å²) in [5.41, 5.74) is 0. The molecular formula is C61H100O6. The van der Waals surface area contributed by atoms with Crippen molar-refractivity contribution in [2.24, 2.45) is 0 Å². The molecule has 0 aromatic rings. The summed E-state index contributed by atoms with van der Waals surface area (Å²) in [6.45, 7) is 6.35. The zero-order valence-corrected chi connectivity index (χ0v) is 43.4. The Kier molecular flexibility index (Phi) is 51.5. The maximum atomic E-state index is 12.8. The van der Waals surface area contributed by atoms with Crippen molar-refractivity contribution >= 4 is 17.9 Å². The maximum absolute atomic E-state index is 12.8. The molecule has 1 atom stereocenters. The molecule has 1 unspecified atom stereocenters. The fourth-order valence-electron chi connectivity index (χ4n) is 7.22. The highest BCUT2D eigenvalue weighted by molar-refractivity contribution is 5.71. The third kappa shape index (κ3) is 52.9. The van der Waals surface area contributed by atoms with E-state index in [2.05, 4.69) is 130 Å². The number of allylic oxidation sites excluding steroid dienone is 18. The second-order valence-corrected chi connectivity index (χ2v) is 17.7. The van der Waals surface area contributed by atoms with Crippen LogP contribution in [0.1, 0.15) is 239 Å². The summed E-state index contributed by atoms with van der Waals surface area (Å²) in [7, 11) is 0. The standard InChI is InChI=1S/C61H100O6/c1-4-7-10-13-16-19-22-24-26-27-28-29-30-31-32-33-35-36-39-42-45-48-51-54-60(63)66-57-58(56-65-59(62)53-50-47-44-41-38-21-18-15-12-9-6-3)67-61(64)55-52-49-46-43-40-37-34-25-23-20-17-14-11-8-5-2/h7-8,10-11,16-17,19-20,24-26,28-29,31-32,34,40,43,58H,4-6,9,12-15,18,21-23,27,30,33,35-39,41-42,44-57H2,1-3H3/b10-7-,11-8-,19-16-,20-17-,26-24-,29-28-,32-31-,34-25-,43-40-. The van der Waals surface area contributed by atoms with Gasteiger partial charge in [-0.2, -0.15) is 0 Å². The first-order valence-corrected chi connectivity index (χ1v) is 27.4. The van der Waals surface area contributed by atoms with Crippen LogP contribution in [-0.2, 0) is 28.6 Å². The quantitative estimate of drug-likeness (QED) is 0.0262. The van der Waals surface area contributed by atoms with Crippen LogP contribution in [-0.4, -0.2) is 37.2 Å². The number of carbonyl (C=O) groups is 3. The highest BCUT2D eigenvalue weighted by atomic mass is 16.6. The number of carbonyl (C=O) groups excluding carboxylic acids is 3. The van der Waals surface area contributed by atoms with Crippen molar-refractivity contribution in [3.05, 3.63) is 109 Å². The van der Waals surface area contributed by atoms with Crippen molar-refractivity contribution in [3.8, 4) is 0 Å². The molecule has 0 spiro atoms. The third-order valence-corrected chi connectivity index (χ3v) is 11.3.